The van der Waals surface area contributed by atoms with Gasteiger partial charge in [-0.3, -0.25) is 4.79 Å². The zero-order valence-electron chi connectivity index (χ0n) is 12.2. The summed E-state index contributed by atoms with van der Waals surface area (Å²) in [7, 11) is 0. The lowest BCUT2D eigenvalue weighted by molar-refractivity contribution is 0.0944. The fourth-order valence-corrected chi connectivity index (χ4v) is 1.76. The Kier molecular flexibility index (Phi) is 7.41. The Balaban J connectivity index is 2.61. The molecule has 0 heterocycles. The largest absolute Gasteiger partial charge is 0.382 e. The van der Waals surface area contributed by atoms with Crippen molar-refractivity contribution in [1.29, 1.82) is 0 Å². The maximum atomic E-state index is 12.0. The van der Waals surface area contributed by atoms with Gasteiger partial charge in [0.25, 0.3) is 5.91 Å². The molecule has 0 aromatic heterocycles. The Morgan fingerprint density at radius 1 is 1.40 bits per heavy atom. The first kappa shape index (κ1) is 16.2. The third-order valence-corrected chi connectivity index (χ3v) is 2.63. The molecule has 0 bridgehead atoms. The minimum absolute atomic E-state index is 0.0824. The van der Waals surface area contributed by atoms with Crippen molar-refractivity contribution in [3.8, 4) is 11.8 Å². The first-order chi connectivity index (χ1) is 9.67. The van der Waals surface area contributed by atoms with Crippen molar-refractivity contribution in [2.45, 2.75) is 20.3 Å². The molecule has 1 amide bonds. The van der Waals surface area contributed by atoms with Crippen LogP contribution in [0.25, 0.3) is 0 Å². The summed E-state index contributed by atoms with van der Waals surface area (Å²) in [5.74, 6) is 5.66. The van der Waals surface area contributed by atoms with Crippen LogP contribution in [-0.2, 0) is 4.74 Å². The minimum atomic E-state index is -0.0824. The third-order valence-electron chi connectivity index (χ3n) is 2.63. The Labute approximate surface area is 120 Å². The lowest BCUT2D eigenvalue weighted by atomic mass is 10.1. The summed E-state index contributed by atoms with van der Waals surface area (Å²) < 4.78 is 5.22. The molecule has 0 aliphatic rings. The number of hydrogen-bond acceptors (Lipinski definition) is 3. The van der Waals surface area contributed by atoms with Gasteiger partial charge in [0.15, 0.2) is 0 Å². The van der Waals surface area contributed by atoms with E-state index in [0.717, 1.165) is 17.5 Å². The normalized spacial score (nSPS) is 9.75. The number of carbonyl (C=O) groups excluding carboxylic acids is 1. The predicted octanol–water partition coefficient (Wildman–Crippen LogP) is 1.46. The lowest BCUT2D eigenvalue weighted by Gasteiger charge is -2.07. The molecule has 0 aliphatic carbocycles. The predicted molar refractivity (Wildman–Crippen MR) is 80.6 cm³/mol. The summed E-state index contributed by atoms with van der Waals surface area (Å²) in [5.41, 5.74) is 7.80. The highest BCUT2D eigenvalue weighted by atomic mass is 16.5. The van der Waals surface area contributed by atoms with Crippen molar-refractivity contribution in [2.24, 2.45) is 5.73 Å². The number of carbonyl (C=O) groups is 1. The molecule has 0 saturated carbocycles. The van der Waals surface area contributed by atoms with Gasteiger partial charge in [-0.15, -0.1) is 0 Å². The third kappa shape index (κ3) is 5.87. The quantitative estimate of drug-likeness (QED) is 0.610. The van der Waals surface area contributed by atoms with Gasteiger partial charge in [-0.05, 0) is 44.0 Å². The van der Waals surface area contributed by atoms with E-state index < -0.39 is 0 Å². The molecule has 1 rings (SSSR count). The average Bonchev–Trinajstić information content (AvgIpc) is 2.44. The molecule has 0 atom stereocenters. The Morgan fingerprint density at radius 3 is 2.90 bits per heavy atom. The molecule has 20 heavy (non-hydrogen) atoms. The first-order valence-electron chi connectivity index (χ1n) is 6.84. The maximum absolute atomic E-state index is 12.0. The number of rotatable bonds is 6. The van der Waals surface area contributed by atoms with Crippen molar-refractivity contribution in [2.75, 3.05) is 26.3 Å². The molecule has 4 nitrogen and oxygen atoms in total. The smallest absolute Gasteiger partial charge is 0.251 e. The highest BCUT2D eigenvalue weighted by Gasteiger charge is 2.06. The van der Waals surface area contributed by atoms with Crippen LogP contribution in [0.3, 0.4) is 0 Å². The number of aryl methyl sites for hydroxylation is 1. The standard InChI is InChI=1S/C16H22N2O2/c1-3-20-9-5-8-18-16(19)15-11-13(2)10-14(12-15)6-4-7-17/h10-12H,3,5,7-9,17H2,1-2H3,(H,18,19). The average molecular weight is 274 g/mol. The van der Waals surface area contributed by atoms with E-state index in [4.69, 9.17) is 10.5 Å². The second-order valence-corrected chi connectivity index (χ2v) is 4.40. The molecule has 3 N–H and O–H groups in total. The molecule has 0 spiro atoms. The fraction of sp³-hybridized carbons (Fsp3) is 0.438. The molecule has 0 saturated heterocycles. The van der Waals surface area contributed by atoms with E-state index in [1.54, 1.807) is 6.07 Å². The lowest BCUT2D eigenvalue weighted by Crippen LogP contribution is -2.25. The van der Waals surface area contributed by atoms with Crippen LogP contribution in [0.1, 0.15) is 34.8 Å². The van der Waals surface area contributed by atoms with Gasteiger partial charge in [0.05, 0.1) is 6.54 Å². The van der Waals surface area contributed by atoms with Crippen LogP contribution in [-0.4, -0.2) is 32.2 Å². The Morgan fingerprint density at radius 2 is 2.20 bits per heavy atom. The Hall–Kier alpha value is -1.83. The number of ether oxygens (including phenoxy) is 1. The molecule has 0 unspecified atom stereocenters. The zero-order valence-corrected chi connectivity index (χ0v) is 12.2. The van der Waals surface area contributed by atoms with Crippen LogP contribution in [0, 0.1) is 18.8 Å². The summed E-state index contributed by atoms with van der Waals surface area (Å²) >= 11 is 0. The maximum Gasteiger partial charge on any atom is 0.251 e. The van der Waals surface area contributed by atoms with Gasteiger partial charge in [-0.25, -0.2) is 0 Å². The van der Waals surface area contributed by atoms with Gasteiger partial charge in [0.1, 0.15) is 0 Å². The molecule has 1 aromatic rings. The zero-order chi connectivity index (χ0) is 14.8. The van der Waals surface area contributed by atoms with Gasteiger partial charge in [-0.1, -0.05) is 11.8 Å². The van der Waals surface area contributed by atoms with Gasteiger partial charge in [-0.2, -0.15) is 0 Å². The number of benzene rings is 1. The van der Waals surface area contributed by atoms with Crippen molar-refractivity contribution >= 4 is 5.91 Å². The Bertz CT molecular complexity index is 501. The second kappa shape index (κ2) is 9.13. The van der Waals surface area contributed by atoms with Crippen LogP contribution in [0.2, 0.25) is 0 Å². The van der Waals surface area contributed by atoms with Crippen LogP contribution in [0.15, 0.2) is 18.2 Å². The van der Waals surface area contributed by atoms with Crippen molar-refractivity contribution < 1.29 is 9.53 Å². The molecule has 108 valence electrons. The summed E-state index contributed by atoms with van der Waals surface area (Å²) in [5, 5.41) is 2.88. The van der Waals surface area contributed by atoms with Gasteiger partial charge >= 0.3 is 0 Å². The first-order valence-corrected chi connectivity index (χ1v) is 6.84. The SMILES string of the molecule is CCOCCCNC(=O)c1cc(C)cc(C#CCN)c1. The van der Waals surface area contributed by atoms with E-state index >= 15 is 0 Å². The van der Waals surface area contributed by atoms with Crippen LogP contribution < -0.4 is 11.1 Å². The van der Waals surface area contributed by atoms with E-state index in [2.05, 4.69) is 17.2 Å². The molecular weight excluding hydrogens is 252 g/mol. The van der Waals surface area contributed by atoms with E-state index in [0.29, 0.717) is 31.9 Å². The number of nitrogens with two attached hydrogens (primary N) is 1. The van der Waals surface area contributed by atoms with Gasteiger partial charge < -0.3 is 15.8 Å². The summed E-state index contributed by atoms with van der Waals surface area (Å²) in [6.07, 6.45) is 0.811. The summed E-state index contributed by atoms with van der Waals surface area (Å²) in [6.45, 7) is 6.19. The summed E-state index contributed by atoms with van der Waals surface area (Å²) in [6, 6.07) is 5.58. The molecule has 1 aromatic carbocycles. The van der Waals surface area contributed by atoms with Crippen LogP contribution in [0.5, 0.6) is 0 Å². The number of amides is 1. The number of hydrogen-bond donors (Lipinski definition) is 2. The highest BCUT2D eigenvalue weighted by Crippen LogP contribution is 2.09. The van der Waals surface area contributed by atoms with E-state index in [1.807, 2.05) is 26.0 Å². The molecule has 4 heteroatoms. The molecule has 0 aliphatic heterocycles. The molecule has 0 radical (unpaired) electrons. The van der Waals surface area contributed by atoms with Gasteiger partial charge in [0, 0.05) is 30.9 Å². The number of nitrogens with one attached hydrogen (secondary N) is 1. The topological polar surface area (TPSA) is 64.3 Å². The fourth-order valence-electron chi connectivity index (χ4n) is 1.76. The van der Waals surface area contributed by atoms with Crippen molar-refractivity contribution in [3.05, 3.63) is 34.9 Å². The van der Waals surface area contributed by atoms with Gasteiger partial charge in [0.2, 0.25) is 0 Å². The van der Waals surface area contributed by atoms with Crippen LogP contribution in [0.4, 0.5) is 0 Å². The minimum Gasteiger partial charge on any atom is -0.382 e. The molecular formula is C16H22N2O2. The van der Waals surface area contributed by atoms with E-state index in [1.165, 1.54) is 0 Å². The highest BCUT2D eigenvalue weighted by molar-refractivity contribution is 5.94. The second-order valence-electron chi connectivity index (χ2n) is 4.40. The molecule has 0 fully saturated rings. The monoisotopic (exact) mass is 274 g/mol. The summed E-state index contributed by atoms with van der Waals surface area (Å²) in [4.78, 5) is 12.0. The van der Waals surface area contributed by atoms with Crippen LogP contribution >= 0.6 is 0 Å². The van der Waals surface area contributed by atoms with Crippen molar-refractivity contribution in [3.63, 3.8) is 0 Å². The van der Waals surface area contributed by atoms with E-state index in [-0.39, 0.29) is 5.91 Å². The van der Waals surface area contributed by atoms with Crippen molar-refractivity contribution in [1.82, 2.24) is 5.32 Å². The van der Waals surface area contributed by atoms with E-state index in [9.17, 15) is 4.79 Å².